The van der Waals surface area contributed by atoms with Gasteiger partial charge < -0.3 is 5.32 Å². The molecule has 1 aromatic rings. The number of hydrogen-bond donors (Lipinski definition) is 1. The van der Waals surface area contributed by atoms with E-state index in [0.717, 1.165) is 17.0 Å². The normalized spacial score (nSPS) is 9.67. The van der Waals surface area contributed by atoms with Crippen molar-refractivity contribution in [2.75, 3.05) is 16.8 Å². The molecule has 0 spiro atoms. The molecule has 15 heavy (non-hydrogen) atoms. The molecule has 0 unspecified atom stereocenters. The lowest BCUT2D eigenvalue weighted by Crippen LogP contribution is -2.14. The molecule has 0 saturated heterocycles. The number of carbonyl (C=O) groups is 1. The van der Waals surface area contributed by atoms with Crippen molar-refractivity contribution in [3.8, 4) is 0 Å². The van der Waals surface area contributed by atoms with E-state index in [2.05, 4.69) is 11.9 Å². The van der Waals surface area contributed by atoms with Crippen LogP contribution in [0, 0.1) is 6.92 Å². The van der Waals surface area contributed by atoms with Crippen molar-refractivity contribution in [2.24, 2.45) is 0 Å². The molecule has 0 aliphatic carbocycles. The van der Waals surface area contributed by atoms with Gasteiger partial charge in [-0.05, 0) is 24.6 Å². The van der Waals surface area contributed by atoms with Crippen LogP contribution in [0.5, 0.6) is 0 Å². The molecule has 0 saturated carbocycles. The van der Waals surface area contributed by atoms with E-state index < -0.39 is 0 Å². The lowest BCUT2D eigenvalue weighted by atomic mass is 10.2. The number of carbonyl (C=O) groups excluding carboxylic acids is 1. The quantitative estimate of drug-likeness (QED) is 0.612. The minimum Gasteiger partial charge on any atom is -0.325 e. The highest BCUT2D eigenvalue weighted by atomic mass is 32.2. The lowest BCUT2D eigenvalue weighted by Gasteiger charge is -2.04. The second-order valence-electron chi connectivity index (χ2n) is 3.22. The maximum Gasteiger partial charge on any atom is 0.234 e. The summed E-state index contributed by atoms with van der Waals surface area (Å²) in [5.41, 5.74) is 2.01. The predicted molar refractivity (Wildman–Crippen MR) is 67.3 cm³/mol. The van der Waals surface area contributed by atoms with E-state index in [0.29, 0.717) is 5.75 Å². The number of rotatable bonds is 5. The van der Waals surface area contributed by atoms with Crippen LogP contribution < -0.4 is 5.32 Å². The Labute approximate surface area is 94.8 Å². The van der Waals surface area contributed by atoms with Gasteiger partial charge in [-0.2, -0.15) is 0 Å². The summed E-state index contributed by atoms with van der Waals surface area (Å²) in [7, 11) is 0. The summed E-state index contributed by atoms with van der Waals surface area (Å²) in [5, 5.41) is 2.85. The van der Waals surface area contributed by atoms with Gasteiger partial charge in [0.05, 0.1) is 5.75 Å². The van der Waals surface area contributed by atoms with Crippen molar-refractivity contribution in [1.29, 1.82) is 0 Å². The van der Waals surface area contributed by atoms with Crippen molar-refractivity contribution < 1.29 is 4.79 Å². The number of aryl methyl sites for hydroxylation is 1. The SMILES string of the molecule is C=CCSCC(=O)Nc1cccc(C)c1. The van der Waals surface area contributed by atoms with E-state index in [1.807, 2.05) is 31.2 Å². The zero-order valence-corrected chi connectivity index (χ0v) is 9.64. The summed E-state index contributed by atoms with van der Waals surface area (Å²) in [4.78, 5) is 11.4. The van der Waals surface area contributed by atoms with Crippen LogP contribution in [-0.4, -0.2) is 17.4 Å². The van der Waals surface area contributed by atoms with Gasteiger partial charge in [0, 0.05) is 11.4 Å². The molecule has 1 N–H and O–H groups in total. The molecular formula is C12H15NOS. The molecule has 0 aromatic heterocycles. The van der Waals surface area contributed by atoms with Crippen LogP contribution in [0.2, 0.25) is 0 Å². The largest absolute Gasteiger partial charge is 0.325 e. The van der Waals surface area contributed by atoms with Crippen LogP contribution in [0.25, 0.3) is 0 Å². The van der Waals surface area contributed by atoms with Gasteiger partial charge >= 0.3 is 0 Å². The van der Waals surface area contributed by atoms with Crippen LogP contribution in [0.1, 0.15) is 5.56 Å². The number of benzene rings is 1. The Kier molecular flexibility index (Phi) is 4.98. The number of hydrogen-bond acceptors (Lipinski definition) is 2. The summed E-state index contributed by atoms with van der Waals surface area (Å²) in [6, 6.07) is 7.78. The molecule has 0 bridgehead atoms. The Bertz CT molecular complexity index is 349. The van der Waals surface area contributed by atoms with Gasteiger partial charge in [-0.15, -0.1) is 18.3 Å². The third-order valence-electron chi connectivity index (χ3n) is 1.77. The minimum atomic E-state index is 0.0347. The van der Waals surface area contributed by atoms with Crippen molar-refractivity contribution in [1.82, 2.24) is 0 Å². The van der Waals surface area contributed by atoms with E-state index in [4.69, 9.17) is 0 Å². The van der Waals surface area contributed by atoms with Gasteiger partial charge in [-0.25, -0.2) is 0 Å². The van der Waals surface area contributed by atoms with Gasteiger partial charge in [0.2, 0.25) is 5.91 Å². The lowest BCUT2D eigenvalue weighted by molar-refractivity contribution is -0.113. The molecule has 1 amide bonds. The summed E-state index contributed by atoms with van der Waals surface area (Å²) in [6.45, 7) is 5.60. The average Bonchev–Trinajstić information content (AvgIpc) is 2.18. The van der Waals surface area contributed by atoms with Crippen LogP contribution in [0.4, 0.5) is 5.69 Å². The van der Waals surface area contributed by atoms with Gasteiger partial charge in [-0.1, -0.05) is 18.2 Å². The fourth-order valence-electron chi connectivity index (χ4n) is 1.15. The smallest absolute Gasteiger partial charge is 0.234 e. The maximum absolute atomic E-state index is 11.4. The van der Waals surface area contributed by atoms with Crippen molar-refractivity contribution >= 4 is 23.4 Å². The van der Waals surface area contributed by atoms with Gasteiger partial charge in [-0.3, -0.25) is 4.79 Å². The number of nitrogens with one attached hydrogen (secondary N) is 1. The second-order valence-corrected chi connectivity index (χ2v) is 4.25. The number of anilines is 1. The Morgan fingerprint density at radius 3 is 3.07 bits per heavy atom. The molecule has 0 aliphatic rings. The Hall–Kier alpha value is -1.22. The monoisotopic (exact) mass is 221 g/mol. The summed E-state index contributed by atoms with van der Waals surface area (Å²) >= 11 is 1.55. The highest BCUT2D eigenvalue weighted by Crippen LogP contribution is 2.10. The molecule has 0 radical (unpaired) electrons. The van der Waals surface area contributed by atoms with Gasteiger partial charge in [0.25, 0.3) is 0 Å². The van der Waals surface area contributed by atoms with Crippen LogP contribution in [-0.2, 0) is 4.79 Å². The predicted octanol–water partition coefficient (Wildman–Crippen LogP) is 2.85. The van der Waals surface area contributed by atoms with Crippen molar-refractivity contribution in [3.05, 3.63) is 42.5 Å². The highest BCUT2D eigenvalue weighted by Gasteiger charge is 2.01. The molecular weight excluding hydrogens is 206 g/mol. The molecule has 1 rings (SSSR count). The van der Waals surface area contributed by atoms with Gasteiger partial charge in [0.15, 0.2) is 0 Å². The molecule has 0 fully saturated rings. The third-order valence-corrected chi connectivity index (χ3v) is 2.71. The van der Waals surface area contributed by atoms with Crippen LogP contribution >= 0.6 is 11.8 Å². The van der Waals surface area contributed by atoms with E-state index in [9.17, 15) is 4.79 Å². The van der Waals surface area contributed by atoms with E-state index >= 15 is 0 Å². The molecule has 1 aromatic carbocycles. The summed E-state index contributed by atoms with van der Waals surface area (Å²) in [6.07, 6.45) is 1.80. The van der Waals surface area contributed by atoms with Crippen molar-refractivity contribution in [2.45, 2.75) is 6.92 Å². The summed E-state index contributed by atoms with van der Waals surface area (Å²) in [5.74, 6) is 1.31. The summed E-state index contributed by atoms with van der Waals surface area (Å²) < 4.78 is 0. The highest BCUT2D eigenvalue weighted by molar-refractivity contribution is 8.00. The first-order valence-electron chi connectivity index (χ1n) is 4.77. The second kappa shape index (κ2) is 6.30. The van der Waals surface area contributed by atoms with Crippen molar-refractivity contribution in [3.63, 3.8) is 0 Å². The molecule has 0 atom stereocenters. The first-order chi connectivity index (χ1) is 7.22. The maximum atomic E-state index is 11.4. The Morgan fingerprint density at radius 1 is 1.60 bits per heavy atom. The standard InChI is InChI=1S/C12H15NOS/c1-3-7-15-9-12(14)13-11-6-4-5-10(2)8-11/h3-6,8H,1,7,9H2,2H3,(H,13,14). The zero-order chi connectivity index (χ0) is 11.1. The van der Waals surface area contributed by atoms with Crippen LogP contribution in [0.15, 0.2) is 36.9 Å². The topological polar surface area (TPSA) is 29.1 Å². The molecule has 3 heteroatoms. The molecule has 0 heterocycles. The zero-order valence-electron chi connectivity index (χ0n) is 8.82. The molecule has 0 aliphatic heterocycles. The van der Waals surface area contributed by atoms with E-state index in [-0.39, 0.29) is 5.91 Å². The Morgan fingerprint density at radius 2 is 2.40 bits per heavy atom. The first-order valence-corrected chi connectivity index (χ1v) is 5.93. The average molecular weight is 221 g/mol. The third kappa shape index (κ3) is 4.70. The minimum absolute atomic E-state index is 0.0347. The van der Waals surface area contributed by atoms with Gasteiger partial charge in [0.1, 0.15) is 0 Å². The van der Waals surface area contributed by atoms with E-state index in [1.54, 1.807) is 17.8 Å². The first kappa shape index (κ1) is 11.9. The molecule has 80 valence electrons. The molecule has 2 nitrogen and oxygen atoms in total. The van der Waals surface area contributed by atoms with Crippen LogP contribution in [0.3, 0.4) is 0 Å². The number of thioether (sulfide) groups is 1. The van der Waals surface area contributed by atoms with E-state index in [1.165, 1.54) is 0 Å². The Balaban J connectivity index is 2.40. The fourth-order valence-corrected chi connectivity index (χ4v) is 1.70. The fraction of sp³-hybridized carbons (Fsp3) is 0.250. The number of amides is 1.